The Balaban J connectivity index is 1.98. The number of aromatic hydroxyl groups is 1. The molecule has 6 heteroatoms. The van der Waals surface area contributed by atoms with Crippen molar-refractivity contribution in [2.24, 2.45) is 0 Å². The van der Waals surface area contributed by atoms with Crippen molar-refractivity contribution in [2.75, 3.05) is 23.2 Å². The van der Waals surface area contributed by atoms with Gasteiger partial charge in [0.05, 0.1) is 10.6 Å². The Morgan fingerprint density at radius 3 is 2.57 bits per heavy atom. The summed E-state index contributed by atoms with van der Waals surface area (Å²) in [4.78, 5) is 0.278. The highest BCUT2D eigenvalue weighted by molar-refractivity contribution is 7.92. The van der Waals surface area contributed by atoms with Crippen molar-refractivity contribution in [2.45, 2.75) is 11.3 Å². The minimum atomic E-state index is -3.60. The topological polar surface area (TPSA) is 69.6 Å². The number of hydrogen-bond donors (Lipinski definition) is 2. The van der Waals surface area contributed by atoms with E-state index >= 15 is 0 Å². The van der Waals surface area contributed by atoms with Crippen molar-refractivity contribution >= 4 is 21.4 Å². The maximum absolute atomic E-state index is 12.7. The van der Waals surface area contributed by atoms with Crippen molar-refractivity contribution in [3.8, 4) is 5.75 Å². The molecule has 0 saturated heterocycles. The second kappa shape index (κ2) is 4.96. The van der Waals surface area contributed by atoms with Gasteiger partial charge in [0.1, 0.15) is 5.75 Å². The zero-order chi connectivity index (χ0) is 15.0. The predicted molar refractivity (Wildman–Crippen MR) is 82.3 cm³/mol. The molecule has 0 saturated carbocycles. The number of sulfonamides is 1. The van der Waals surface area contributed by atoms with E-state index in [1.807, 2.05) is 0 Å². The summed E-state index contributed by atoms with van der Waals surface area (Å²) in [5.41, 5.74) is 2.53. The standard InChI is InChI=1S/C15H16N2O3S/c1-17(12-2-4-13(18)5-3-12)21(19,20)14-6-7-15-11(10-14)8-9-16-15/h2-7,10,16,18H,8-9H2,1H3. The molecule has 0 fully saturated rings. The molecule has 0 radical (unpaired) electrons. The van der Waals surface area contributed by atoms with E-state index in [0.29, 0.717) is 5.69 Å². The zero-order valence-corrected chi connectivity index (χ0v) is 12.4. The zero-order valence-electron chi connectivity index (χ0n) is 11.6. The predicted octanol–water partition coefficient (Wildman–Crippen LogP) is 2.19. The van der Waals surface area contributed by atoms with E-state index in [4.69, 9.17) is 0 Å². The molecule has 2 aromatic carbocycles. The van der Waals surface area contributed by atoms with Gasteiger partial charge >= 0.3 is 0 Å². The van der Waals surface area contributed by atoms with Crippen LogP contribution >= 0.6 is 0 Å². The van der Waals surface area contributed by atoms with Crippen LogP contribution in [-0.2, 0) is 16.4 Å². The van der Waals surface area contributed by atoms with Gasteiger partial charge < -0.3 is 10.4 Å². The molecule has 0 unspecified atom stereocenters. The molecule has 0 atom stereocenters. The van der Waals surface area contributed by atoms with E-state index in [0.717, 1.165) is 24.2 Å². The van der Waals surface area contributed by atoms with Crippen LogP contribution in [0.4, 0.5) is 11.4 Å². The lowest BCUT2D eigenvalue weighted by atomic mass is 10.2. The number of nitrogens with zero attached hydrogens (tertiary/aromatic N) is 1. The molecule has 1 aliphatic heterocycles. The number of anilines is 2. The van der Waals surface area contributed by atoms with Crippen molar-refractivity contribution in [1.82, 2.24) is 0 Å². The fraction of sp³-hybridized carbons (Fsp3) is 0.200. The molecule has 1 aliphatic rings. The molecule has 21 heavy (non-hydrogen) atoms. The van der Waals surface area contributed by atoms with Gasteiger partial charge in [0.25, 0.3) is 10.0 Å². The van der Waals surface area contributed by atoms with Crippen molar-refractivity contribution in [1.29, 1.82) is 0 Å². The maximum atomic E-state index is 12.7. The summed E-state index contributed by atoms with van der Waals surface area (Å²) in [6.45, 7) is 0.840. The van der Waals surface area contributed by atoms with Crippen LogP contribution in [0.25, 0.3) is 0 Å². The van der Waals surface area contributed by atoms with Crippen LogP contribution in [0.5, 0.6) is 5.75 Å². The first-order chi connectivity index (χ1) is 9.98. The van der Waals surface area contributed by atoms with Crippen LogP contribution in [0.3, 0.4) is 0 Å². The number of nitrogens with one attached hydrogen (secondary N) is 1. The first kappa shape index (κ1) is 13.8. The van der Waals surface area contributed by atoms with E-state index < -0.39 is 10.0 Å². The van der Waals surface area contributed by atoms with Crippen LogP contribution in [0.1, 0.15) is 5.56 Å². The minimum absolute atomic E-state index is 0.105. The fourth-order valence-corrected chi connectivity index (χ4v) is 3.65. The van der Waals surface area contributed by atoms with E-state index in [2.05, 4.69) is 5.32 Å². The highest BCUT2D eigenvalue weighted by Gasteiger charge is 2.23. The molecule has 110 valence electrons. The van der Waals surface area contributed by atoms with Gasteiger partial charge in [-0.1, -0.05) is 0 Å². The number of hydrogen-bond acceptors (Lipinski definition) is 4. The Labute approximate surface area is 123 Å². The van der Waals surface area contributed by atoms with Crippen molar-refractivity contribution in [3.05, 3.63) is 48.0 Å². The van der Waals surface area contributed by atoms with Gasteiger partial charge in [-0.05, 0) is 54.4 Å². The molecule has 1 heterocycles. The molecule has 0 aromatic heterocycles. The second-order valence-corrected chi connectivity index (χ2v) is 6.95. The second-order valence-electron chi connectivity index (χ2n) is 4.98. The molecular weight excluding hydrogens is 288 g/mol. The third-order valence-electron chi connectivity index (χ3n) is 3.66. The van der Waals surface area contributed by atoms with E-state index in [-0.39, 0.29) is 10.6 Å². The van der Waals surface area contributed by atoms with Gasteiger partial charge in [-0.3, -0.25) is 4.31 Å². The molecule has 0 spiro atoms. The number of benzene rings is 2. The lowest BCUT2D eigenvalue weighted by Gasteiger charge is -2.20. The SMILES string of the molecule is CN(c1ccc(O)cc1)S(=O)(=O)c1ccc2c(c1)CCN2. The number of phenols is 1. The normalized spacial score (nSPS) is 13.6. The Morgan fingerprint density at radius 1 is 1.14 bits per heavy atom. The number of phenolic OH excluding ortho intramolecular Hbond substituents is 1. The van der Waals surface area contributed by atoms with Crippen LogP contribution in [-0.4, -0.2) is 27.1 Å². The van der Waals surface area contributed by atoms with Gasteiger partial charge in [0.15, 0.2) is 0 Å². The van der Waals surface area contributed by atoms with E-state index in [1.165, 1.54) is 23.5 Å². The monoisotopic (exact) mass is 304 g/mol. The average Bonchev–Trinajstić information content (AvgIpc) is 2.94. The van der Waals surface area contributed by atoms with Crippen LogP contribution in [0, 0.1) is 0 Å². The summed E-state index contributed by atoms with van der Waals surface area (Å²) < 4.78 is 26.5. The molecule has 2 aromatic rings. The van der Waals surface area contributed by atoms with Crippen molar-refractivity contribution < 1.29 is 13.5 Å². The summed E-state index contributed by atoms with van der Waals surface area (Å²) in [7, 11) is -2.10. The minimum Gasteiger partial charge on any atom is -0.508 e. The Hall–Kier alpha value is -2.21. The first-order valence-electron chi connectivity index (χ1n) is 6.63. The van der Waals surface area contributed by atoms with Gasteiger partial charge in [-0.25, -0.2) is 8.42 Å². The molecule has 0 bridgehead atoms. The number of rotatable bonds is 3. The fourth-order valence-electron chi connectivity index (χ4n) is 2.40. The van der Waals surface area contributed by atoms with E-state index in [1.54, 1.807) is 30.3 Å². The van der Waals surface area contributed by atoms with Gasteiger partial charge in [-0.15, -0.1) is 0 Å². The van der Waals surface area contributed by atoms with E-state index in [9.17, 15) is 13.5 Å². The summed E-state index contributed by atoms with van der Waals surface area (Å²) in [5, 5.41) is 12.5. The largest absolute Gasteiger partial charge is 0.508 e. The first-order valence-corrected chi connectivity index (χ1v) is 8.07. The van der Waals surface area contributed by atoms with Crippen LogP contribution < -0.4 is 9.62 Å². The Morgan fingerprint density at radius 2 is 1.86 bits per heavy atom. The molecule has 5 nitrogen and oxygen atoms in total. The van der Waals surface area contributed by atoms with Crippen molar-refractivity contribution in [3.63, 3.8) is 0 Å². The Kier molecular flexibility index (Phi) is 3.25. The van der Waals surface area contributed by atoms with Gasteiger partial charge in [0.2, 0.25) is 0 Å². The van der Waals surface area contributed by atoms with Gasteiger partial charge in [0, 0.05) is 19.3 Å². The summed E-state index contributed by atoms with van der Waals surface area (Å²) in [6.07, 6.45) is 0.835. The van der Waals surface area contributed by atoms with Crippen LogP contribution in [0.2, 0.25) is 0 Å². The Bertz CT molecular complexity index is 770. The summed E-state index contributed by atoms with van der Waals surface area (Å²) >= 11 is 0. The molecule has 0 aliphatic carbocycles. The molecule has 0 amide bonds. The maximum Gasteiger partial charge on any atom is 0.264 e. The highest BCUT2D eigenvalue weighted by atomic mass is 32.2. The smallest absolute Gasteiger partial charge is 0.264 e. The highest BCUT2D eigenvalue weighted by Crippen LogP contribution is 2.28. The number of fused-ring (bicyclic) bond motifs is 1. The van der Waals surface area contributed by atoms with Gasteiger partial charge in [-0.2, -0.15) is 0 Å². The average molecular weight is 304 g/mol. The molecule has 2 N–H and O–H groups in total. The third-order valence-corrected chi connectivity index (χ3v) is 5.44. The quantitative estimate of drug-likeness (QED) is 0.912. The summed E-state index contributed by atoms with van der Waals surface area (Å²) in [5.74, 6) is 0.105. The lowest BCUT2D eigenvalue weighted by molar-refractivity contribution is 0.475. The lowest BCUT2D eigenvalue weighted by Crippen LogP contribution is -2.26. The molecular formula is C15H16N2O3S. The van der Waals surface area contributed by atoms with Crippen LogP contribution in [0.15, 0.2) is 47.4 Å². The molecule has 3 rings (SSSR count). The third kappa shape index (κ3) is 2.42. The summed E-state index contributed by atoms with van der Waals surface area (Å²) in [6, 6.07) is 11.2.